The Morgan fingerprint density at radius 3 is 2.07 bits per heavy atom. The number of carbonyl (C=O) groups is 2. The number of halogens is 7. The molecule has 1 amide bonds. The molecular weight excluding hydrogens is 575 g/mol. The number of esters is 1. The van der Waals surface area contributed by atoms with E-state index in [1.807, 2.05) is 0 Å². The van der Waals surface area contributed by atoms with Crippen LogP contribution < -0.4 is 0 Å². The Morgan fingerprint density at radius 1 is 1.07 bits per heavy atom. The average Bonchev–Trinajstić information content (AvgIpc) is 3.24. The monoisotopic (exact) mass is 605 g/mol. The summed E-state index contributed by atoms with van der Waals surface area (Å²) in [6.45, 7) is 6.13. The van der Waals surface area contributed by atoms with E-state index in [9.17, 15) is 45.4 Å². The van der Waals surface area contributed by atoms with Gasteiger partial charge in [-0.2, -0.15) is 26.3 Å². The number of amides is 1. The summed E-state index contributed by atoms with van der Waals surface area (Å²) in [5.41, 5.74) is -4.32. The second kappa shape index (κ2) is 12.3. The van der Waals surface area contributed by atoms with Crippen LogP contribution in [0.25, 0.3) is 0 Å². The van der Waals surface area contributed by atoms with Gasteiger partial charge in [-0.05, 0) is 68.1 Å². The van der Waals surface area contributed by atoms with Gasteiger partial charge in [-0.3, -0.25) is 4.79 Å². The molecule has 2 aromatic rings. The zero-order chi connectivity index (χ0) is 31.6. The lowest BCUT2D eigenvalue weighted by molar-refractivity contribution is -0.153. The van der Waals surface area contributed by atoms with E-state index in [-0.39, 0.29) is 25.5 Å². The fourth-order valence-corrected chi connectivity index (χ4v) is 5.42. The van der Waals surface area contributed by atoms with Crippen LogP contribution in [0.1, 0.15) is 61.0 Å². The smallest absolute Gasteiger partial charge is 0.416 e. The average molecular weight is 606 g/mol. The van der Waals surface area contributed by atoms with Crippen LogP contribution >= 0.6 is 0 Å². The molecule has 0 aromatic heterocycles. The summed E-state index contributed by atoms with van der Waals surface area (Å²) < 4.78 is 106. The van der Waals surface area contributed by atoms with Gasteiger partial charge in [-0.15, -0.1) is 6.58 Å². The highest BCUT2D eigenvalue weighted by molar-refractivity contribution is 5.77. The number of allylic oxidation sites excluding steroid dienone is 1. The van der Waals surface area contributed by atoms with Gasteiger partial charge in [0, 0.05) is 12.0 Å². The van der Waals surface area contributed by atoms with Crippen molar-refractivity contribution >= 4 is 12.1 Å². The Bertz CT molecular complexity index is 1260. The number of rotatable bonds is 9. The largest absolute Gasteiger partial charge is 0.469 e. The van der Waals surface area contributed by atoms with E-state index < -0.39 is 76.5 Å². The number of carboxylic acid groups (broad SMARTS) is 1. The number of methoxy groups -OCH3 is 1. The van der Waals surface area contributed by atoms with E-state index in [0.29, 0.717) is 17.7 Å². The molecule has 0 saturated carbocycles. The summed E-state index contributed by atoms with van der Waals surface area (Å²) in [7, 11) is 1.17. The lowest BCUT2D eigenvalue weighted by atomic mass is 9.75. The van der Waals surface area contributed by atoms with Crippen molar-refractivity contribution in [2.24, 2.45) is 5.41 Å². The number of nitrogens with zero attached hydrogens (tertiary/aromatic N) is 1. The summed E-state index contributed by atoms with van der Waals surface area (Å²) in [5, 5.41) is 10.1. The number of likely N-dealkylation sites (tertiary alicyclic amines) is 1. The summed E-state index contributed by atoms with van der Waals surface area (Å²) in [4.78, 5) is 26.1. The first kappa shape index (κ1) is 32.9. The zero-order valence-corrected chi connectivity index (χ0v) is 22.9. The van der Waals surface area contributed by atoms with Crippen LogP contribution in [-0.4, -0.2) is 47.9 Å². The van der Waals surface area contributed by atoms with Crippen LogP contribution in [-0.2, 0) is 26.6 Å². The highest BCUT2D eigenvalue weighted by Gasteiger charge is 2.50. The maximum Gasteiger partial charge on any atom is 0.416 e. The van der Waals surface area contributed by atoms with E-state index in [2.05, 4.69) is 6.58 Å². The molecule has 1 aliphatic heterocycles. The number of carbonyl (C=O) groups excluding carboxylic acids is 1. The minimum Gasteiger partial charge on any atom is -0.469 e. The van der Waals surface area contributed by atoms with Crippen LogP contribution in [0.5, 0.6) is 0 Å². The quantitative estimate of drug-likeness (QED) is 0.181. The third-order valence-electron chi connectivity index (χ3n) is 7.48. The number of hydrogen-bond donors (Lipinski definition) is 1. The lowest BCUT2D eigenvalue weighted by Gasteiger charge is -2.35. The molecule has 230 valence electrons. The summed E-state index contributed by atoms with van der Waals surface area (Å²) in [6.07, 6.45) is -12.5. The molecule has 1 unspecified atom stereocenters. The van der Waals surface area contributed by atoms with Crippen molar-refractivity contribution in [2.75, 3.05) is 13.7 Å². The Hall–Kier alpha value is -3.61. The molecule has 1 aliphatic rings. The Labute approximate surface area is 237 Å². The molecule has 0 spiro atoms. The van der Waals surface area contributed by atoms with E-state index >= 15 is 0 Å². The third kappa shape index (κ3) is 7.23. The molecule has 1 saturated heterocycles. The van der Waals surface area contributed by atoms with Crippen molar-refractivity contribution in [3.8, 4) is 0 Å². The van der Waals surface area contributed by atoms with Crippen LogP contribution in [0.4, 0.5) is 35.5 Å². The molecule has 0 aliphatic carbocycles. The normalized spacial score (nSPS) is 21.5. The van der Waals surface area contributed by atoms with Gasteiger partial charge in [-0.1, -0.05) is 18.2 Å². The minimum absolute atomic E-state index is 0.00253. The van der Waals surface area contributed by atoms with Crippen LogP contribution in [0, 0.1) is 11.2 Å². The number of alkyl halides is 6. The molecule has 5 atom stereocenters. The van der Waals surface area contributed by atoms with Crippen molar-refractivity contribution in [3.63, 3.8) is 0 Å². The number of benzene rings is 2. The molecule has 3 rings (SSSR count). The highest BCUT2D eigenvalue weighted by Crippen LogP contribution is 2.45. The third-order valence-corrected chi connectivity index (χ3v) is 7.48. The standard InChI is InChI=1S/C29H30F7NO5/c1-5-10-27(3,25(38)41-4)14-22-24(17-6-8-21(30)9-7-17)23(15-37(22)26(39)40)42-16(2)18-11-19(28(31,32)33)13-20(12-18)29(34,35)36/h5-9,11-13,16,22-24H,1,10,14-15H2,2-4H3,(H,39,40)/t16-,22+,23+,24+,27?/m1/s1. The zero-order valence-electron chi connectivity index (χ0n) is 22.9. The molecule has 42 heavy (non-hydrogen) atoms. The van der Waals surface area contributed by atoms with Crippen molar-refractivity contribution < 1.29 is 54.9 Å². The van der Waals surface area contributed by atoms with Crippen molar-refractivity contribution in [1.29, 1.82) is 0 Å². The first-order valence-electron chi connectivity index (χ1n) is 12.8. The fraction of sp³-hybridized carbons (Fsp3) is 0.448. The molecular formula is C29H30F7NO5. The summed E-state index contributed by atoms with van der Waals surface area (Å²) in [6, 6.07) is 5.15. The van der Waals surface area contributed by atoms with E-state index in [1.165, 1.54) is 32.2 Å². The van der Waals surface area contributed by atoms with Crippen molar-refractivity contribution in [2.45, 2.75) is 63.2 Å². The molecule has 6 nitrogen and oxygen atoms in total. The van der Waals surface area contributed by atoms with Gasteiger partial charge in [0.05, 0.1) is 42.4 Å². The molecule has 0 bridgehead atoms. The van der Waals surface area contributed by atoms with Gasteiger partial charge in [0.15, 0.2) is 0 Å². The van der Waals surface area contributed by atoms with Gasteiger partial charge in [0.1, 0.15) is 5.82 Å². The minimum atomic E-state index is -5.07. The summed E-state index contributed by atoms with van der Waals surface area (Å²) >= 11 is 0. The SMILES string of the molecule is C=CCC(C)(C[C@H]1[C@H](c2ccc(F)cc2)[C@@H](O[C@H](C)c2cc(C(F)(F)F)cc(C(F)(F)F)c2)CN1C(=O)O)C(=O)OC. The van der Waals surface area contributed by atoms with Crippen molar-refractivity contribution in [1.82, 2.24) is 4.90 Å². The molecule has 1 N–H and O–H groups in total. The number of hydrogen-bond acceptors (Lipinski definition) is 4. The van der Waals surface area contributed by atoms with E-state index in [1.54, 1.807) is 6.92 Å². The second-order valence-corrected chi connectivity index (χ2v) is 10.5. The van der Waals surface area contributed by atoms with E-state index in [4.69, 9.17) is 9.47 Å². The Morgan fingerprint density at radius 2 is 1.62 bits per heavy atom. The lowest BCUT2D eigenvalue weighted by Crippen LogP contribution is -2.42. The van der Waals surface area contributed by atoms with Crippen LogP contribution in [0.15, 0.2) is 55.1 Å². The Balaban J connectivity index is 2.09. The predicted octanol–water partition coefficient (Wildman–Crippen LogP) is 7.60. The van der Waals surface area contributed by atoms with Gasteiger partial charge >= 0.3 is 24.4 Å². The first-order chi connectivity index (χ1) is 19.4. The fourth-order valence-electron chi connectivity index (χ4n) is 5.42. The first-order valence-corrected chi connectivity index (χ1v) is 12.8. The molecule has 1 fully saturated rings. The maximum absolute atomic E-state index is 13.8. The highest BCUT2D eigenvalue weighted by atomic mass is 19.4. The van der Waals surface area contributed by atoms with Crippen LogP contribution in [0.3, 0.4) is 0 Å². The van der Waals surface area contributed by atoms with Gasteiger partial charge < -0.3 is 19.5 Å². The van der Waals surface area contributed by atoms with Gasteiger partial charge in [-0.25, -0.2) is 9.18 Å². The molecule has 1 heterocycles. The van der Waals surface area contributed by atoms with Crippen LogP contribution in [0.2, 0.25) is 0 Å². The van der Waals surface area contributed by atoms with E-state index in [0.717, 1.165) is 17.0 Å². The van der Waals surface area contributed by atoms with Crippen molar-refractivity contribution in [3.05, 3.63) is 83.2 Å². The molecule has 13 heteroatoms. The maximum atomic E-state index is 13.8. The second-order valence-electron chi connectivity index (χ2n) is 10.5. The molecule has 0 radical (unpaired) electrons. The number of ether oxygens (including phenoxy) is 2. The topological polar surface area (TPSA) is 76.1 Å². The molecule has 2 aromatic carbocycles. The van der Waals surface area contributed by atoms with Gasteiger partial charge in [0.2, 0.25) is 0 Å². The van der Waals surface area contributed by atoms with Gasteiger partial charge in [0.25, 0.3) is 0 Å². The Kier molecular flexibility index (Phi) is 9.65. The summed E-state index contributed by atoms with van der Waals surface area (Å²) in [5.74, 6) is -2.12. The predicted molar refractivity (Wildman–Crippen MR) is 137 cm³/mol.